The molecule has 2 amide bonds. The topological polar surface area (TPSA) is 82.0 Å². The summed E-state index contributed by atoms with van der Waals surface area (Å²) in [4.78, 5) is 26.7. The third kappa shape index (κ3) is 5.18. The van der Waals surface area contributed by atoms with Crippen LogP contribution in [0.1, 0.15) is 32.4 Å². The second kappa shape index (κ2) is 10.2. The van der Waals surface area contributed by atoms with Crippen LogP contribution in [-0.2, 0) is 11.2 Å². The van der Waals surface area contributed by atoms with Crippen molar-refractivity contribution >= 4 is 29.8 Å². The van der Waals surface area contributed by atoms with Crippen molar-refractivity contribution in [1.82, 2.24) is 10.3 Å². The SMILES string of the molecule is O=C(N/N=C\c1ccccc1O)c1ccc([C@H]2SCC(=O)N2CCc2ccccc2)cc1. The van der Waals surface area contributed by atoms with Gasteiger partial charge in [0.05, 0.1) is 12.0 Å². The number of amides is 2. The van der Waals surface area contributed by atoms with Crippen molar-refractivity contribution in [2.24, 2.45) is 5.10 Å². The number of rotatable bonds is 7. The van der Waals surface area contributed by atoms with Gasteiger partial charge in [-0.15, -0.1) is 11.8 Å². The summed E-state index contributed by atoms with van der Waals surface area (Å²) in [6, 6.07) is 24.1. The summed E-state index contributed by atoms with van der Waals surface area (Å²) in [7, 11) is 0. The number of hydrogen-bond acceptors (Lipinski definition) is 5. The number of para-hydroxylation sites is 1. The summed E-state index contributed by atoms with van der Waals surface area (Å²) in [5, 5.41) is 13.6. The highest BCUT2D eigenvalue weighted by Gasteiger charge is 2.32. The van der Waals surface area contributed by atoms with Crippen LogP contribution in [0.4, 0.5) is 0 Å². The van der Waals surface area contributed by atoms with Gasteiger partial charge in [0.1, 0.15) is 11.1 Å². The third-order valence-electron chi connectivity index (χ3n) is 5.22. The van der Waals surface area contributed by atoms with E-state index in [-0.39, 0.29) is 22.9 Å². The molecule has 0 aliphatic carbocycles. The number of phenolic OH excluding ortho intramolecular Hbond substituents is 1. The number of aromatic hydroxyl groups is 1. The average Bonchev–Trinajstić information content (AvgIpc) is 3.20. The predicted octanol–water partition coefficient (Wildman–Crippen LogP) is 3.97. The van der Waals surface area contributed by atoms with Crippen LogP contribution >= 0.6 is 11.8 Å². The molecule has 1 fully saturated rings. The van der Waals surface area contributed by atoms with Crippen LogP contribution in [-0.4, -0.2) is 40.3 Å². The zero-order valence-corrected chi connectivity index (χ0v) is 18.2. The molecule has 0 saturated carbocycles. The number of thioether (sulfide) groups is 1. The number of carbonyl (C=O) groups is 2. The predicted molar refractivity (Wildman–Crippen MR) is 127 cm³/mol. The molecule has 0 radical (unpaired) electrons. The number of phenols is 1. The average molecular weight is 446 g/mol. The summed E-state index contributed by atoms with van der Waals surface area (Å²) < 4.78 is 0. The molecule has 3 aromatic rings. The van der Waals surface area contributed by atoms with Gasteiger partial charge in [-0.25, -0.2) is 5.43 Å². The lowest BCUT2D eigenvalue weighted by Gasteiger charge is -2.24. The summed E-state index contributed by atoms with van der Waals surface area (Å²) in [6.45, 7) is 0.657. The van der Waals surface area contributed by atoms with Gasteiger partial charge in [0.25, 0.3) is 5.91 Å². The molecule has 0 spiro atoms. The first-order valence-electron chi connectivity index (χ1n) is 10.3. The molecule has 6 nitrogen and oxygen atoms in total. The number of hydrogen-bond donors (Lipinski definition) is 2. The lowest BCUT2D eigenvalue weighted by Crippen LogP contribution is -2.30. The van der Waals surface area contributed by atoms with E-state index in [2.05, 4.69) is 22.7 Å². The van der Waals surface area contributed by atoms with Crippen LogP contribution < -0.4 is 5.43 Å². The van der Waals surface area contributed by atoms with E-state index in [9.17, 15) is 14.7 Å². The molecule has 32 heavy (non-hydrogen) atoms. The highest BCUT2D eigenvalue weighted by atomic mass is 32.2. The molecule has 2 N–H and O–H groups in total. The maximum Gasteiger partial charge on any atom is 0.271 e. The van der Waals surface area contributed by atoms with Gasteiger partial charge in [-0.05, 0) is 41.8 Å². The molecule has 7 heteroatoms. The minimum absolute atomic E-state index is 0.0533. The van der Waals surface area contributed by atoms with Crippen LogP contribution in [0.15, 0.2) is 84.0 Å². The molecular weight excluding hydrogens is 422 g/mol. The first-order chi connectivity index (χ1) is 15.6. The number of nitrogens with zero attached hydrogens (tertiary/aromatic N) is 2. The Hall–Kier alpha value is -3.58. The Balaban J connectivity index is 1.38. The van der Waals surface area contributed by atoms with Gasteiger partial charge in [-0.1, -0.05) is 54.6 Å². The van der Waals surface area contributed by atoms with E-state index in [1.165, 1.54) is 11.8 Å². The molecule has 1 heterocycles. The largest absolute Gasteiger partial charge is 0.507 e. The fourth-order valence-corrected chi connectivity index (χ4v) is 4.71. The summed E-state index contributed by atoms with van der Waals surface area (Å²) in [5.41, 5.74) is 5.64. The van der Waals surface area contributed by atoms with Crippen molar-refractivity contribution in [2.45, 2.75) is 11.8 Å². The number of benzene rings is 3. The van der Waals surface area contributed by atoms with Gasteiger partial charge in [-0.2, -0.15) is 5.10 Å². The van der Waals surface area contributed by atoms with Gasteiger partial charge in [0.15, 0.2) is 0 Å². The lowest BCUT2D eigenvalue weighted by atomic mass is 10.1. The van der Waals surface area contributed by atoms with Gasteiger partial charge < -0.3 is 10.0 Å². The fourth-order valence-electron chi connectivity index (χ4n) is 3.49. The maximum atomic E-state index is 12.4. The lowest BCUT2D eigenvalue weighted by molar-refractivity contribution is -0.128. The van der Waals surface area contributed by atoms with Gasteiger partial charge >= 0.3 is 0 Å². The van der Waals surface area contributed by atoms with Crippen molar-refractivity contribution in [3.63, 3.8) is 0 Å². The van der Waals surface area contributed by atoms with E-state index in [0.717, 1.165) is 12.0 Å². The molecule has 0 bridgehead atoms. The van der Waals surface area contributed by atoms with Crippen molar-refractivity contribution in [3.05, 3.63) is 101 Å². The van der Waals surface area contributed by atoms with Crippen LogP contribution in [0.25, 0.3) is 0 Å². The summed E-state index contributed by atoms with van der Waals surface area (Å²) in [6.07, 6.45) is 2.20. The highest BCUT2D eigenvalue weighted by Crippen LogP contribution is 2.38. The molecule has 0 unspecified atom stereocenters. The van der Waals surface area contributed by atoms with Crippen LogP contribution in [0.2, 0.25) is 0 Å². The molecule has 0 aromatic heterocycles. The molecule has 1 saturated heterocycles. The van der Waals surface area contributed by atoms with Crippen molar-refractivity contribution in [3.8, 4) is 5.75 Å². The molecular formula is C25H23N3O3S. The second-order valence-electron chi connectivity index (χ2n) is 7.37. The quantitative estimate of drug-likeness (QED) is 0.426. The van der Waals surface area contributed by atoms with Gasteiger partial charge in [0.2, 0.25) is 5.91 Å². The van der Waals surface area contributed by atoms with E-state index in [0.29, 0.717) is 23.4 Å². The zero-order chi connectivity index (χ0) is 22.3. The van der Waals surface area contributed by atoms with Crippen molar-refractivity contribution in [2.75, 3.05) is 12.3 Å². The van der Waals surface area contributed by atoms with E-state index in [1.54, 1.807) is 48.2 Å². The second-order valence-corrected chi connectivity index (χ2v) is 8.43. The van der Waals surface area contributed by atoms with Crippen molar-refractivity contribution in [1.29, 1.82) is 0 Å². The minimum atomic E-state index is -0.348. The monoisotopic (exact) mass is 445 g/mol. The summed E-state index contributed by atoms with van der Waals surface area (Å²) >= 11 is 1.60. The van der Waals surface area contributed by atoms with Crippen LogP contribution in [0, 0.1) is 0 Å². The molecule has 4 rings (SSSR count). The minimum Gasteiger partial charge on any atom is -0.507 e. The normalized spacial score (nSPS) is 15.9. The Labute approximate surface area is 191 Å². The molecule has 1 aliphatic heterocycles. The van der Waals surface area contributed by atoms with E-state index in [4.69, 9.17) is 0 Å². The summed E-state index contributed by atoms with van der Waals surface area (Å²) in [5.74, 6) is 0.341. The van der Waals surface area contributed by atoms with Crippen LogP contribution in [0.5, 0.6) is 5.75 Å². The van der Waals surface area contributed by atoms with E-state index >= 15 is 0 Å². The number of hydrazone groups is 1. The van der Waals surface area contributed by atoms with Crippen molar-refractivity contribution < 1.29 is 14.7 Å². The Morgan fingerprint density at radius 2 is 1.78 bits per heavy atom. The number of carbonyl (C=O) groups excluding carboxylic acids is 2. The molecule has 3 aromatic carbocycles. The fraction of sp³-hybridized carbons (Fsp3) is 0.160. The molecule has 162 valence electrons. The Morgan fingerprint density at radius 3 is 2.53 bits per heavy atom. The molecule has 1 aliphatic rings. The standard InChI is InChI=1S/C25H23N3O3S/c29-22-9-5-4-8-21(22)16-26-27-24(31)19-10-12-20(13-11-19)25-28(23(30)17-32-25)15-14-18-6-2-1-3-7-18/h1-13,16,25,29H,14-15,17H2,(H,27,31)/b26-16-/t25-/m1/s1. The Kier molecular flexibility index (Phi) is 6.87. The smallest absolute Gasteiger partial charge is 0.271 e. The Morgan fingerprint density at radius 1 is 1.06 bits per heavy atom. The third-order valence-corrected chi connectivity index (χ3v) is 6.47. The molecule has 1 atom stereocenters. The van der Waals surface area contributed by atoms with E-state index < -0.39 is 0 Å². The first kappa shape index (κ1) is 21.6. The van der Waals surface area contributed by atoms with Crippen LogP contribution in [0.3, 0.4) is 0 Å². The van der Waals surface area contributed by atoms with E-state index in [1.807, 2.05) is 35.2 Å². The first-order valence-corrected chi connectivity index (χ1v) is 11.3. The number of nitrogens with one attached hydrogen (secondary N) is 1. The van der Waals surface area contributed by atoms with Gasteiger partial charge in [-0.3, -0.25) is 9.59 Å². The van der Waals surface area contributed by atoms with Gasteiger partial charge in [0, 0.05) is 17.7 Å². The maximum absolute atomic E-state index is 12.4. The Bertz CT molecular complexity index is 1120. The highest BCUT2D eigenvalue weighted by molar-refractivity contribution is 8.00. The zero-order valence-electron chi connectivity index (χ0n) is 17.3.